The molecular formula is C12H14BrN3. The van der Waals surface area contributed by atoms with Crippen molar-refractivity contribution in [2.45, 2.75) is 13.5 Å². The number of aromatic nitrogens is 2. The molecule has 0 aliphatic heterocycles. The fourth-order valence-corrected chi connectivity index (χ4v) is 2.02. The van der Waals surface area contributed by atoms with Crippen LogP contribution in [0.15, 0.2) is 41.4 Å². The molecule has 0 fully saturated rings. The highest BCUT2D eigenvalue weighted by Gasteiger charge is 2.04. The van der Waals surface area contributed by atoms with Crippen LogP contribution in [0.2, 0.25) is 0 Å². The molecule has 1 aromatic heterocycles. The number of rotatable bonds is 4. The summed E-state index contributed by atoms with van der Waals surface area (Å²) in [6.07, 6.45) is 5.57. The zero-order valence-electron chi connectivity index (χ0n) is 9.15. The average Bonchev–Trinajstić information content (AvgIpc) is 2.80. The summed E-state index contributed by atoms with van der Waals surface area (Å²) >= 11 is 3.50. The number of benzene rings is 1. The smallest absolute Gasteiger partial charge is 0.0991 e. The maximum Gasteiger partial charge on any atom is 0.0991 e. The summed E-state index contributed by atoms with van der Waals surface area (Å²) in [7, 11) is 0. The quantitative estimate of drug-likeness (QED) is 0.933. The molecule has 16 heavy (non-hydrogen) atoms. The number of imidazole rings is 1. The van der Waals surface area contributed by atoms with Gasteiger partial charge in [0.2, 0.25) is 0 Å². The van der Waals surface area contributed by atoms with Crippen molar-refractivity contribution in [3.8, 4) is 5.69 Å². The van der Waals surface area contributed by atoms with Crippen molar-refractivity contribution >= 4 is 15.9 Å². The summed E-state index contributed by atoms with van der Waals surface area (Å²) in [6, 6.07) is 6.28. The van der Waals surface area contributed by atoms with E-state index in [4.69, 9.17) is 0 Å². The highest BCUT2D eigenvalue weighted by molar-refractivity contribution is 9.10. The first-order valence-corrected chi connectivity index (χ1v) is 6.08. The van der Waals surface area contributed by atoms with E-state index in [1.807, 2.05) is 23.2 Å². The predicted molar refractivity (Wildman–Crippen MR) is 68.6 cm³/mol. The van der Waals surface area contributed by atoms with Crippen molar-refractivity contribution in [3.05, 3.63) is 47.0 Å². The fraction of sp³-hybridized carbons (Fsp3) is 0.250. The van der Waals surface area contributed by atoms with Gasteiger partial charge in [0, 0.05) is 23.4 Å². The van der Waals surface area contributed by atoms with Crippen LogP contribution >= 0.6 is 15.9 Å². The highest BCUT2D eigenvalue weighted by atomic mass is 79.9. The second-order valence-corrected chi connectivity index (χ2v) is 4.44. The van der Waals surface area contributed by atoms with Crippen LogP contribution in [0.4, 0.5) is 0 Å². The first-order valence-electron chi connectivity index (χ1n) is 5.28. The Morgan fingerprint density at radius 1 is 1.44 bits per heavy atom. The van der Waals surface area contributed by atoms with E-state index in [1.54, 1.807) is 6.20 Å². The number of hydrogen-bond acceptors (Lipinski definition) is 2. The van der Waals surface area contributed by atoms with Crippen LogP contribution in [0, 0.1) is 0 Å². The molecule has 1 N–H and O–H groups in total. The normalized spacial score (nSPS) is 10.6. The lowest BCUT2D eigenvalue weighted by molar-refractivity contribution is 0.722. The van der Waals surface area contributed by atoms with E-state index in [0.717, 1.165) is 17.6 Å². The Hall–Kier alpha value is -1.13. The maximum atomic E-state index is 4.07. The Morgan fingerprint density at radius 2 is 2.31 bits per heavy atom. The molecule has 0 aliphatic rings. The van der Waals surface area contributed by atoms with Gasteiger partial charge in [0.05, 0.1) is 12.0 Å². The average molecular weight is 280 g/mol. The van der Waals surface area contributed by atoms with Crippen molar-refractivity contribution < 1.29 is 0 Å². The van der Waals surface area contributed by atoms with E-state index in [9.17, 15) is 0 Å². The van der Waals surface area contributed by atoms with Gasteiger partial charge in [0.25, 0.3) is 0 Å². The Balaban J connectivity index is 2.36. The van der Waals surface area contributed by atoms with Crippen LogP contribution in [0.25, 0.3) is 5.69 Å². The van der Waals surface area contributed by atoms with Gasteiger partial charge in [-0.05, 0) is 30.3 Å². The van der Waals surface area contributed by atoms with Gasteiger partial charge in [-0.2, -0.15) is 0 Å². The summed E-state index contributed by atoms with van der Waals surface area (Å²) in [5.74, 6) is 0. The molecule has 0 amide bonds. The minimum atomic E-state index is 0.865. The molecule has 2 rings (SSSR count). The van der Waals surface area contributed by atoms with Crippen molar-refractivity contribution in [2.24, 2.45) is 0 Å². The third-order valence-corrected chi connectivity index (χ3v) is 2.88. The van der Waals surface area contributed by atoms with Gasteiger partial charge < -0.3 is 9.88 Å². The molecule has 0 saturated heterocycles. The van der Waals surface area contributed by atoms with Gasteiger partial charge in [-0.1, -0.05) is 22.9 Å². The third-order valence-electron chi connectivity index (χ3n) is 2.39. The summed E-state index contributed by atoms with van der Waals surface area (Å²) < 4.78 is 3.13. The van der Waals surface area contributed by atoms with E-state index < -0.39 is 0 Å². The Bertz CT molecular complexity index is 451. The molecule has 3 nitrogen and oxygen atoms in total. The van der Waals surface area contributed by atoms with Gasteiger partial charge in [-0.25, -0.2) is 4.98 Å². The monoisotopic (exact) mass is 279 g/mol. The first-order chi connectivity index (χ1) is 7.81. The Kier molecular flexibility index (Phi) is 3.74. The minimum absolute atomic E-state index is 0.865. The molecule has 0 atom stereocenters. The molecule has 0 unspecified atom stereocenters. The number of nitrogens with zero attached hydrogens (tertiary/aromatic N) is 2. The Morgan fingerprint density at radius 3 is 3.00 bits per heavy atom. The highest BCUT2D eigenvalue weighted by Crippen LogP contribution is 2.19. The van der Waals surface area contributed by atoms with Gasteiger partial charge in [0.15, 0.2) is 0 Å². The largest absolute Gasteiger partial charge is 0.313 e. The molecule has 0 bridgehead atoms. The predicted octanol–water partition coefficient (Wildman–Crippen LogP) is 2.74. The lowest BCUT2D eigenvalue weighted by Crippen LogP contribution is -2.13. The maximum absolute atomic E-state index is 4.07. The van der Waals surface area contributed by atoms with E-state index in [2.05, 4.69) is 45.3 Å². The van der Waals surface area contributed by atoms with Crippen LogP contribution in [-0.2, 0) is 6.54 Å². The lowest BCUT2D eigenvalue weighted by atomic mass is 10.1. The number of halogens is 1. The van der Waals surface area contributed by atoms with Gasteiger partial charge in [0.1, 0.15) is 0 Å². The van der Waals surface area contributed by atoms with Crippen molar-refractivity contribution in [1.29, 1.82) is 0 Å². The van der Waals surface area contributed by atoms with Crippen LogP contribution in [0.3, 0.4) is 0 Å². The number of hydrogen-bond donors (Lipinski definition) is 1. The van der Waals surface area contributed by atoms with E-state index in [0.29, 0.717) is 0 Å². The van der Waals surface area contributed by atoms with Crippen LogP contribution < -0.4 is 5.32 Å². The topological polar surface area (TPSA) is 29.9 Å². The fourth-order valence-electron chi connectivity index (χ4n) is 1.61. The van der Waals surface area contributed by atoms with E-state index in [-0.39, 0.29) is 0 Å². The van der Waals surface area contributed by atoms with Crippen molar-refractivity contribution in [1.82, 2.24) is 14.9 Å². The van der Waals surface area contributed by atoms with Crippen LogP contribution in [0.1, 0.15) is 12.5 Å². The van der Waals surface area contributed by atoms with E-state index >= 15 is 0 Å². The minimum Gasteiger partial charge on any atom is -0.313 e. The van der Waals surface area contributed by atoms with Crippen LogP contribution in [0.5, 0.6) is 0 Å². The molecule has 2 aromatic rings. The van der Waals surface area contributed by atoms with Crippen LogP contribution in [-0.4, -0.2) is 16.1 Å². The summed E-state index contributed by atoms with van der Waals surface area (Å²) in [5.41, 5.74) is 2.43. The lowest BCUT2D eigenvalue weighted by Gasteiger charge is -2.11. The SMILES string of the molecule is CCNCc1cc(Br)ccc1-n1ccnc1. The van der Waals surface area contributed by atoms with Gasteiger partial charge >= 0.3 is 0 Å². The molecular weight excluding hydrogens is 266 g/mol. The van der Waals surface area contributed by atoms with Gasteiger partial charge in [-0.15, -0.1) is 0 Å². The molecule has 0 spiro atoms. The second kappa shape index (κ2) is 5.27. The zero-order valence-corrected chi connectivity index (χ0v) is 10.7. The zero-order chi connectivity index (χ0) is 11.4. The molecule has 1 aromatic carbocycles. The Labute approximate surface area is 104 Å². The van der Waals surface area contributed by atoms with Crippen molar-refractivity contribution in [2.75, 3.05) is 6.54 Å². The van der Waals surface area contributed by atoms with Gasteiger partial charge in [-0.3, -0.25) is 0 Å². The third kappa shape index (κ3) is 2.51. The molecule has 4 heteroatoms. The molecule has 0 aliphatic carbocycles. The summed E-state index contributed by atoms with van der Waals surface area (Å²) in [6.45, 7) is 3.94. The first kappa shape index (κ1) is 11.4. The molecule has 1 heterocycles. The number of nitrogens with one attached hydrogen (secondary N) is 1. The summed E-state index contributed by atoms with van der Waals surface area (Å²) in [4.78, 5) is 4.07. The van der Waals surface area contributed by atoms with E-state index in [1.165, 1.54) is 11.3 Å². The molecule has 0 radical (unpaired) electrons. The molecule has 0 saturated carbocycles. The molecule has 84 valence electrons. The second-order valence-electron chi connectivity index (χ2n) is 3.52. The standard InChI is InChI=1S/C12H14BrN3/c1-2-14-8-10-7-11(13)3-4-12(10)16-6-5-15-9-16/h3-7,9,14H,2,8H2,1H3. The summed E-state index contributed by atoms with van der Waals surface area (Å²) in [5, 5.41) is 3.34. The van der Waals surface area contributed by atoms with Crippen molar-refractivity contribution in [3.63, 3.8) is 0 Å².